The van der Waals surface area contributed by atoms with Crippen molar-refractivity contribution >= 4 is 16.9 Å². The van der Waals surface area contributed by atoms with Gasteiger partial charge in [-0.15, -0.1) is 0 Å². The van der Waals surface area contributed by atoms with Gasteiger partial charge in [0.25, 0.3) is 0 Å². The molecule has 0 spiro atoms. The Hall–Kier alpha value is -2.34. The van der Waals surface area contributed by atoms with Crippen molar-refractivity contribution in [3.63, 3.8) is 0 Å². The van der Waals surface area contributed by atoms with Crippen LogP contribution >= 0.6 is 0 Å². The fraction of sp³-hybridized carbons (Fsp3) is 0.474. The van der Waals surface area contributed by atoms with Crippen LogP contribution in [0.2, 0.25) is 0 Å². The lowest BCUT2D eigenvalue weighted by atomic mass is 10.0. The summed E-state index contributed by atoms with van der Waals surface area (Å²) in [7, 11) is 3.98. The van der Waals surface area contributed by atoms with Gasteiger partial charge in [0.1, 0.15) is 11.3 Å². The van der Waals surface area contributed by atoms with Crippen molar-refractivity contribution in [1.29, 1.82) is 0 Å². The molecule has 0 bridgehead atoms. The molecule has 136 valence electrons. The Balaban J connectivity index is 2.08. The van der Waals surface area contributed by atoms with Gasteiger partial charge in [-0.25, -0.2) is 4.79 Å². The summed E-state index contributed by atoms with van der Waals surface area (Å²) in [5.41, 5.74) is 1.82. The van der Waals surface area contributed by atoms with Crippen LogP contribution in [0.4, 0.5) is 0 Å². The summed E-state index contributed by atoms with van der Waals surface area (Å²) in [5, 5.41) is 13.4. The molecule has 25 heavy (non-hydrogen) atoms. The fourth-order valence-corrected chi connectivity index (χ4v) is 2.82. The Kier molecular flexibility index (Phi) is 6.20. The number of hydrogen-bond acceptors (Lipinski definition) is 5. The Bertz CT molecular complexity index is 824. The Morgan fingerprint density at radius 3 is 2.64 bits per heavy atom. The third-order valence-corrected chi connectivity index (χ3v) is 4.38. The summed E-state index contributed by atoms with van der Waals surface area (Å²) in [5.74, 6) is 0.0273. The van der Waals surface area contributed by atoms with Gasteiger partial charge in [0, 0.05) is 29.5 Å². The van der Waals surface area contributed by atoms with Crippen molar-refractivity contribution in [2.24, 2.45) is 0 Å². The molecule has 0 aliphatic rings. The van der Waals surface area contributed by atoms with E-state index in [1.54, 1.807) is 19.1 Å². The number of rotatable bonds is 7. The average Bonchev–Trinajstić information content (AvgIpc) is 2.55. The molecule has 1 heterocycles. The molecule has 2 aromatic rings. The fourth-order valence-electron chi connectivity index (χ4n) is 2.82. The highest BCUT2D eigenvalue weighted by Gasteiger charge is 2.15. The average molecular weight is 346 g/mol. The molecule has 1 aromatic carbocycles. The second-order valence-corrected chi connectivity index (χ2v) is 6.59. The van der Waals surface area contributed by atoms with Gasteiger partial charge in [-0.2, -0.15) is 0 Å². The van der Waals surface area contributed by atoms with E-state index >= 15 is 0 Å². The number of nitrogens with one attached hydrogen (secondary N) is 1. The molecular weight excluding hydrogens is 320 g/mol. The summed E-state index contributed by atoms with van der Waals surface area (Å²) in [6.45, 7) is 5.10. The number of carbonyl (C=O) groups is 1. The predicted octanol–water partition coefficient (Wildman–Crippen LogP) is 2.12. The summed E-state index contributed by atoms with van der Waals surface area (Å²) in [4.78, 5) is 26.3. The zero-order valence-corrected chi connectivity index (χ0v) is 15.3. The first-order chi connectivity index (χ1) is 11.8. The lowest BCUT2D eigenvalue weighted by molar-refractivity contribution is -0.121. The highest BCUT2D eigenvalue weighted by atomic mass is 16.4. The van der Waals surface area contributed by atoms with E-state index in [0.29, 0.717) is 29.7 Å². The first-order valence-corrected chi connectivity index (χ1v) is 8.47. The van der Waals surface area contributed by atoms with Gasteiger partial charge in [-0.05, 0) is 65.0 Å². The minimum absolute atomic E-state index is 0.0699. The molecule has 2 N–H and O–H groups in total. The number of phenols is 1. The van der Waals surface area contributed by atoms with Crippen LogP contribution in [0.5, 0.6) is 5.75 Å². The number of aromatic hydroxyl groups is 1. The van der Waals surface area contributed by atoms with Gasteiger partial charge < -0.3 is 19.7 Å². The number of hydrogen-bond donors (Lipinski definition) is 2. The van der Waals surface area contributed by atoms with Crippen LogP contribution in [0.1, 0.15) is 29.5 Å². The van der Waals surface area contributed by atoms with Crippen molar-refractivity contribution in [3.8, 4) is 5.75 Å². The van der Waals surface area contributed by atoms with Gasteiger partial charge in [-0.1, -0.05) is 0 Å². The van der Waals surface area contributed by atoms with Gasteiger partial charge in [0.2, 0.25) is 5.91 Å². The van der Waals surface area contributed by atoms with E-state index in [2.05, 4.69) is 10.2 Å². The van der Waals surface area contributed by atoms with E-state index in [-0.39, 0.29) is 18.1 Å². The molecule has 0 saturated heterocycles. The molecule has 0 atom stereocenters. The predicted molar refractivity (Wildman–Crippen MR) is 98.1 cm³/mol. The van der Waals surface area contributed by atoms with Crippen LogP contribution in [0, 0.1) is 13.8 Å². The van der Waals surface area contributed by atoms with Gasteiger partial charge in [0.05, 0.1) is 0 Å². The molecule has 2 rings (SSSR count). The molecule has 1 aromatic heterocycles. The number of carbonyl (C=O) groups excluding carboxylic acids is 1. The Labute approximate surface area is 147 Å². The minimum atomic E-state index is -0.445. The maximum atomic E-state index is 12.3. The summed E-state index contributed by atoms with van der Waals surface area (Å²) < 4.78 is 5.39. The van der Waals surface area contributed by atoms with Crippen LogP contribution in [-0.4, -0.2) is 43.1 Å². The quantitative estimate of drug-likeness (QED) is 0.593. The molecule has 0 fully saturated rings. The zero-order chi connectivity index (χ0) is 18.6. The van der Waals surface area contributed by atoms with Crippen LogP contribution in [0.25, 0.3) is 11.0 Å². The molecule has 0 saturated carbocycles. The van der Waals surface area contributed by atoms with E-state index in [1.807, 2.05) is 21.0 Å². The van der Waals surface area contributed by atoms with Crippen molar-refractivity contribution in [2.45, 2.75) is 33.1 Å². The molecule has 6 nitrogen and oxygen atoms in total. The van der Waals surface area contributed by atoms with Gasteiger partial charge >= 0.3 is 5.63 Å². The van der Waals surface area contributed by atoms with Crippen molar-refractivity contribution < 1.29 is 14.3 Å². The van der Waals surface area contributed by atoms with E-state index in [9.17, 15) is 14.7 Å². The number of amides is 1. The monoisotopic (exact) mass is 346 g/mol. The maximum Gasteiger partial charge on any atom is 0.339 e. The van der Waals surface area contributed by atoms with Crippen molar-refractivity contribution in [3.05, 3.63) is 39.2 Å². The lowest BCUT2D eigenvalue weighted by Gasteiger charge is -2.11. The first kappa shape index (κ1) is 19.0. The van der Waals surface area contributed by atoms with Crippen LogP contribution in [-0.2, 0) is 11.2 Å². The number of aryl methyl sites for hydroxylation is 2. The van der Waals surface area contributed by atoms with Crippen LogP contribution in [0.15, 0.2) is 21.3 Å². The van der Waals surface area contributed by atoms with Crippen molar-refractivity contribution in [2.75, 3.05) is 27.2 Å². The number of benzene rings is 1. The van der Waals surface area contributed by atoms with E-state index in [4.69, 9.17) is 4.42 Å². The van der Waals surface area contributed by atoms with Gasteiger partial charge in [0.15, 0.2) is 0 Å². The molecule has 0 aliphatic carbocycles. The van der Waals surface area contributed by atoms with E-state index in [1.165, 1.54) is 0 Å². The zero-order valence-electron chi connectivity index (χ0n) is 15.3. The number of nitrogens with zero attached hydrogens (tertiary/aromatic N) is 1. The van der Waals surface area contributed by atoms with Crippen LogP contribution in [0.3, 0.4) is 0 Å². The standard InChI is InChI=1S/C19H26N2O4/c1-12-14-6-8-16(22)13(2)18(14)25-19(24)15(12)7-9-17(23)20-10-5-11-21(3)4/h6,8,22H,5,7,9-11H2,1-4H3,(H,20,23). The molecule has 0 unspecified atom stereocenters. The second-order valence-electron chi connectivity index (χ2n) is 6.59. The van der Waals surface area contributed by atoms with Crippen LogP contribution < -0.4 is 10.9 Å². The number of phenolic OH excluding ortho intramolecular Hbond substituents is 1. The highest BCUT2D eigenvalue weighted by Crippen LogP contribution is 2.28. The highest BCUT2D eigenvalue weighted by molar-refractivity contribution is 5.85. The second kappa shape index (κ2) is 8.16. The SMILES string of the molecule is Cc1c(CCC(=O)NCCCN(C)C)c(=O)oc2c(C)c(O)ccc12. The first-order valence-electron chi connectivity index (χ1n) is 8.47. The third kappa shape index (κ3) is 4.60. The summed E-state index contributed by atoms with van der Waals surface area (Å²) in [6, 6.07) is 3.33. The summed E-state index contributed by atoms with van der Waals surface area (Å²) in [6.07, 6.45) is 1.47. The molecule has 0 radical (unpaired) electrons. The topological polar surface area (TPSA) is 82.8 Å². The van der Waals surface area contributed by atoms with E-state index in [0.717, 1.165) is 23.9 Å². The third-order valence-electron chi connectivity index (χ3n) is 4.38. The Morgan fingerprint density at radius 2 is 1.96 bits per heavy atom. The number of fused-ring (bicyclic) bond motifs is 1. The molecule has 6 heteroatoms. The molecule has 0 aliphatic heterocycles. The largest absolute Gasteiger partial charge is 0.508 e. The minimum Gasteiger partial charge on any atom is -0.508 e. The smallest absolute Gasteiger partial charge is 0.339 e. The van der Waals surface area contributed by atoms with Gasteiger partial charge in [-0.3, -0.25) is 4.79 Å². The normalized spacial score (nSPS) is 11.2. The summed E-state index contributed by atoms with van der Waals surface area (Å²) >= 11 is 0. The maximum absolute atomic E-state index is 12.3. The lowest BCUT2D eigenvalue weighted by Crippen LogP contribution is -2.27. The Morgan fingerprint density at radius 1 is 1.24 bits per heavy atom. The van der Waals surface area contributed by atoms with E-state index < -0.39 is 5.63 Å². The molecular formula is C19H26N2O4. The van der Waals surface area contributed by atoms with Crippen molar-refractivity contribution in [1.82, 2.24) is 10.2 Å². The molecule has 1 amide bonds.